The predicted molar refractivity (Wildman–Crippen MR) is 62.0 cm³/mol. The van der Waals surface area contributed by atoms with Gasteiger partial charge in [0.05, 0.1) is 17.8 Å². The van der Waals surface area contributed by atoms with E-state index in [-0.39, 0.29) is 6.61 Å². The Labute approximate surface area is 94.8 Å². The molecule has 0 bridgehead atoms. The van der Waals surface area contributed by atoms with Crippen LogP contribution in [-0.2, 0) is 6.54 Å². The van der Waals surface area contributed by atoms with Crippen molar-refractivity contribution in [3.05, 3.63) is 16.1 Å². The van der Waals surface area contributed by atoms with E-state index in [2.05, 4.69) is 16.8 Å². The maximum Gasteiger partial charge on any atom is 0.0798 e. The summed E-state index contributed by atoms with van der Waals surface area (Å²) in [5, 5.41) is 9.31. The highest BCUT2D eigenvalue weighted by molar-refractivity contribution is 7.09. The van der Waals surface area contributed by atoms with E-state index < -0.39 is 0 Å². The van der Waals surface area contributed by atoms with Crippen LogP contribution < -0.4 is 0 Å². The molecule has 0 spiro atoms. The Morgan fingerprint density at radius 3 is 3.13 bits per heavy atom. The Balaban J connectivity index is 2.00. The average Bonchev–Trinajstić information content (AvgIpc) is 2.65. The molecule has 1 saturated heterocycles. The molecule has 0 aliphatic carbocycles. The fourth-order valence-corrected chi connectivity index (χ4v) is 2.94. The number of hydrogen-bond donors (Lipinski definition) is 1. The van der Waals surface area contributed by atoms with E-state index in [1.165, 1.54) is 17.7 Å². The summed E-state index contributed by atoms with van der Waals surface area (Å²) in [6.07, 6.45) is 3.64. The minimum Gasteiger partial charge on any atom is -0.395 e. The van der Waals surface area contributed by atoms with Crippen molar-refractivity contribution in [1.29, 1.82) is 0 Å². The standard InChI is InChI=1S/C11H18N2OS/c1-9-11(15-8-12-9)6-13-5-3-2-4-10(13)7-14/h8,10,14H,2-7H2,1H3. The number of aliphatic hydroxyl groups excluding tert-OH is 1. The van der Waals surface area contributed by atoms with Crippen LogP contribution in [0.1, 0.15) is 29.8 Å². The van der Waals surface area contributed by atoms with E-state index in [9.17, 15) is 5.11 Å². The molecule has 84 valence electrons. The van der Waals surface area contributed by atoms with Gasteiger partial charge in [-0.15, -0.1) is 11.3 Å². The third-order valence-electron chi connectivity index (χ3n) is 3.15. The van der Waals surface area contributed by atoms with Crippen molar-refractivity contribution in [1.82, 2.24) is 9.88 Å². The van der Waals surface area contributed by atoms with Gasteiger partial charge in [0.25, 0.3) is 0 Å². The number of likely N-dealkylation sites (tertiary alicyclic amines) is 1. The smallest absolute Gasteiger partial charge is 0.0798 e. The Hall–Kier alpha value is -0.450. The molecule has 3 nitrogen and oxygen atoms in total. The van der Waals surface area contributed by atoms with E-state index in [4.69, 9.17) is 0 Å². The average molecular weight is 226 g/mol. The molecule has 15 heavy (non-hydrogen) atoms. The molecule has 1 aromatic heterocycles. The van der Waals surface area contributed by atoms with Gasteiger partial charge in [0.15, 0.2) is 0 Å². The number of aliphatic hydroxyl groups is 1. The second kappa shape index (κ2) is 5.05. The molecule has 1 aliphatic rings. The molecular weight excluding hydrogens is 208 g/mol. The molecule has 1 aromatic rings. The van der Waals surface area contributed by atoms with Gasteiger partial charge >= 0.3 is 0 Å². The van der Waals surface area contributed by atoms with E-state index in [0.717, 1.165) is 25.2 Å². The van der Waals surface area contributed by atoms with Gasteiger partial charge in [-0.25, -0.2) is 4.98 Å². The second-order valence-electron chi connectivity index (χ2n) is 4.16. The van der Waals surface area contributed by atoms with Gasteiger partial charge in [0.1, 0.15) is 0 Å². The highest BCUT2D eigenvalue weighted by atomic mass is 32.1. The van der Waals surface area contributed by atoms with Crippen molar-refractivity contribution in [3.63, 3.8) is 0 Å². The van der Waals surface area contributed by atoms with Gasteiger partial charge in [-0.2, -0.15) is 0 Å². The predicted octanol–water partition coefficient (Wildman–Crippen LogP) is 1.80. The number of aromatic nitrogens is 1. The molecule has 1 fully saturated rings. The van der Waals surface area contributed by atoms with Crippen molar-refractivity contribution in [2.24, 2.45) is 0 Å². The molecule has 1 atom stereocenters. The normalized spacial score (nSPS) is 23.2. The van der Waals surface area contributed by atoms with Crippen LogP contribution in [0.5, 0.6) is 0 Å². The lowest BCUT2D eigenvalue weighted by Gasteiger charge is -2.34. The Morgan fingerprint density at radius 2 is 2.47 bits per heavy atom. The quantitative estimate of drug-likeness (QED) is 0.854. The summed E-state index contributed by atoms with van der Waals surface area (Å²) in [6.45, 7) is 4.42. The van der Waals surface area contributed by atoms with Crippen molar-refractivity contribution in [2.45, 2.75) is 38.8 Å². The van der Waals surface area contributed by atoms with Crippen LogP contribution in [0.15, 0.2) is 5.51 Å². The minimum atomic E-state index is 0.290. The summed E-state index contributed by atoms with van der Waals surface area (Å²) in [6, 6.07) is 0.361. The molecule has 1 unspecified atom stereocenters. The van der Waals surface area contributed by atoms with Crippen molar-refractivity contribution in [3.8, 4) is 0 Å². The maximum absolute atomic E-state index is 9.31. The summed E-state index contributed by atoms with van der Waals surface area (Å²) in [5.41, 5.74) is 3.05. The highest BCUT2D eigenvalue weighted by Crippen LogP contribution is 2.22. The third kappa shape index (κ3) is 2.56. The molecule has 1 N–H and O–H groups in total. The van der Waals surface area contributed by atoms with Crippen LogP contribution in [0.3, 0.4) is 0 Å². The molecule has 2 heterocycles. The highest BCUT2D eigenvalue weighted by Gasteiger charge is 2.22. The molecule has 1 aliphatic heterocycles. The zero-order valence-corrected chi connectivity index (χ0v) is 9.96. The van der Waals surface area contributed by atoms with Gasteiger partial charge in [-0.05, 0) is 26.3 Å². The molecule has 0 aromatic carbocycles. The second-order valence-corrected chi connectivity index (χ2v) is 5.10. The summed E-state index contributed by atoms with van der Waals surface area (Å²) in [4.78, 5) is 8.00. The Morgan fingerprint density at radius 1 is 1.60 bits per heavy atom. The largest absolute Gasteiger partial charge is 0.395 e. The zero-order valence-electron chi connectivity index (χ0n) is 9.15. The zero-order chi connectivity index (χ0) is 10.7. The van der Waals surface area contributed by atoms with Gasteiger partial charge < -0.3 is 5.11 Å². The SMILES string of the molecule is Cc1ncsc1CN1CCCCC1CO. The Kier molecular flexibility index (Phi) is 3.72. The molecule has 2 rings (SSSR count). The van der Waals surface area contributed by atoms with Crippen LogP contribution in [0.25, 0.3) is 0 Å². The van der Waals surface area contributed by atoms with Crippen LogP contribution >= 0.6 is 11.3 Å². The number of piperidine rings is 1. The van der Waals surface area contributed by atoms with Crippen LogP contribution in [0.4, 0.5) is 0 Å². The lowest BCUT2D eigenvalue weighted by atomic mass is 10.0. The molecule has 4 heteroatoms. The topological polar surface area (TPSA) is 36.4 Å². The number of rotatable bonds is 3. The van der Waals surface area contributed by atoms with E-state index >= 15 is 0 Å². The van der Waals surface area contributed by atoms with Gasteiger partial charge in [0.2, 0.25) is 0 Å². The monoisotopic (exact) mass is 226 g/mol. The van der Waals surface area contributed by atoms with Gasteiger partial charge in [-0.1, -0.05) is 6.42 Å². The number of hydrogen-bond acceptors (Lipinski definition) is 4. The molecule has 0 radical (unpaired) electrons. The van der Waals surface area contributed by atoms with E-state index in [1.807, 2.05) is 5.51 Å². The fraction of sp³-hybridized carbons (Fsp3) is 0.727. The first-order valence-electron chi connectivity index (χ1n) is 5.55. The number of aryl methyl sites for hydroxylation is 1. The summed E-state index contributed by atoms with van der Waals surface area (Å²) >= 11 is 1.72. The van der Waals surface area contributed by atoms with Crippen molar-refractivity contribution in [2.75, 3.05) is 13.2 Å². The van der Waals surface area contributed by atoms with Crippen LogP contribution in [-0.4, -0.2) is 34.2 Å². The Bertz CT molecular complexity index is 313. The first-order chi connectivity index (χ1) is 7.31. The van der Waals surface area contributed by atoms with Gasteiger partial charge in [0, 0.05) is 17.5 Å². The summed E-state index contributed by atoms with van der Waals surface area (Å²) < 4.78 is 0. The van der Waals surface area contributed by atoms with Crippen LogP contribution in [0, 0.1) is 6.92 Å². The lowest BCUT2D eigenvalue weighted by Crippen LogP contribution is -2.41. The first kappa shape index (κ1) is 11.0. The number of nitrogens with zero attached hydrogens (tertiary/aromatic N) is 2. The third-order valence-corrected chi connectivity index (χ3v) is 4.07. The maximum atomic E-state index is 9.31. The first-order valence-corrected chi connectivity index (χ1v) is 6.43. The van der Waals surface area contributed by atoms with Crippen molar-refractivity contribution >= 4 is 11.3 Å². The van der Waals surface area contributed by atoms with Crippen molar-refractivity contribution < 1.29 is 5.11 Å². The fourth-order valence-electron chi connectivity index (χ4n) is 2.14. The summed E-state index contributed by atoms with van der Waals surface area (Å²) in [5.74, 6) is 0. The molecule has 0 saturated carbocycles. The molecular formula is C11H18N2OS. The lowest BCUT2D eigenvalue weighted by molar-refractivity contribution is 0.0848. The van der Waals surface area contributed by atoms with E-state index in [0.29, 0.717) is 6.04 Å². The number of thiazole rings is 1. The summed E-state index contributed by atoms with van der Waals surface area (Å²) in [7, 11) is 0. The van der Waals surface area contributed by atoms with Crippen LogP contribution in [0.2, 0.25) is 0 Å². The van der Waals surface area contributed by atoms with Gasteiger partial charge in [-0.3, -0.25) is 4.90 Å². The van der Waals surface area contributed by atoms with E-state index in [1.54, 1.807) is 11.3 Å². The molecule has 0 amide bonds. The minimum absolute atomic E-state index is 0.290.